The molecular weight excluding hydrogens is 286 g/mol. The second-order valence-corrected chi connectivity index (χ2v) is 4.44. The first-order valence-electron chi connectivity index (χ1n) is 4.85. The summed E-state index contributed by atoms with van der Waals surface area (Å²) in [6, 6.07) is 6.38. The highest BCUT2D eigenvalue weighted by Gasteiger charge is 2.17. The molecule has 0 saturated heterocycles. The van der Waals surface area contributed by atoms with Gasteiger partial charge in [0.05, 0.1) is 22.9 Å². The zero-order chi connectivity index (χ0) is 13.0. The van der Waals surface area contributed by atoms with Crippen molar-refractivity contribution in [1.29, 1.82) is 5.26 Å². The van der Waals surface area contributed by atoms with E-state index in [1.54, 1.807) is 6.07 Å². The van der Waals surface area contributed by atoms with Gasteiger partial charge in [-0.15, -0.1) is 0 Å². The van der Waals surface area contributed by atoms with Gasteiger partial charge in [0.1, 0.15) is 5.78 Å². The quantitative estimate of drug-likeness (QED) is 0.866. The smallest absolute Gasteiger partial charge is 0.335 e. The number of carboxylic acids is 1. The summed E-state index contributed by atoms with van der Waals surface area (Å²) in [6.07, 6.45) is 0.0752. The lowest BCUT2D eigenvalue weighted by molar-refractivity contribution is -0.116. The zero-order valence-corrected chi connectivity index (χ0v) is 10.7. The van der Waals surface area contributed by atoms with Gasteiger partial charge in [-0.2, -0.15) is 5.26 Å². The van der Waals surface area contributed by atoms with E-state index in [2.05, 4.69) is 15.9 Å². The van der Waals surface area contributed by atoms with Crippen molar-refractivity contribution < 1.29 is 14.7 Å². The normalized spacial score (nSPS) is 11.6. The molecule has 0 bridgehead atoms. The van der Waals surface area contributed by atoms with Crippen LogP contribution in [0.3, 0.4) is 0 Å². The molecule has 0 spiro atoms. The average molecular weight is 296 g/mol. The van der Waals surface area contributed by atoms with Crippen LogP contribution < -0.4 is 0 Å². The number of nitrogens with zero attached hydrogens (tertiary/aromatic N) is 1. The van der Waals surface area contributed by atoms with Crippen LogP contribution in [-0.4, -0.2) is 16.9 Å². The minimum atomic E-state index is -1.05. The Morgan fingerprint density at radius 1 is 1.53 bits per heavy atom. The van der Waals surface area contributed by atoms with Gasteiger partial charge in [0.15, 0.2) is 0 Å². The first kappa shape index (κ1) is 13.4. The molecule has 0 aromatic heterocycles. The third-order valence-electron chi connectivity index (χ3n) is 2.29. The number of benzene rings is 1. The fraction of sp³-hybridized carbons (Fsp3) is 0.250. The van der Waals surface area contributed by atoms with Crippen molar-refractivity contribution in [1.82, 2.24) is 0 Å². The monoisotopic (exact) mass is 295 g/mol. The number of nitriles is 1. The second kappa shape index (κ2) is 5.60. The van der Waals surface area contributed by atoms with Crippen molar-refractivity contribution in [2.45, 2.75) is 18.2 Å². The largest absolute Gasteiger partial charge is 0.478 e. The number of aromatic carboxylic acids is 1. The van der Waals surface area contributed by atoms with E-state index in [1.807, 2.05) is 6.07 Å². The van der Waals surface area contributed by atoms with Crippen LogP contribution >= 0.6 is 15.9 Å². The molecule has 1 unspecified atom stereocenters. The molecular formula is C12H10BrNO3. The summed E-state index contributed by atoms with van der Waals surface area (Å²) >= 11 is 3.23. The lowest BCUT2D eigenvalue weighted by atomic mass is 9.98. The molecule has 1 atom stereocenters. The van der Waals surface area contributed by atoms with Crippen LogP contribution in [0.5, 0.6) is 0 Å². The Morgan fingerprint density at radius 2 is 2.18 bits per heavy atom. The third kappa shape index (κ3) is 3.14. The summed E-state index contributed by atoms with van der Waals surface area (Å²) in [7, 11) is 0. The van der Waals surface area contributed by atoms with Crippen molar-refractivity contribution in [3.05, 3.63) is 34.9 Å². The Morgan fingerprint density at radius 3 is 2.65 bits per heavy atom. The van der Waals surface area contributed by atoms with Crippen molar-refractivity contribution in [2.75, 3.05) is 0 Å². The molecule has 5 heteroatoms. The zero-order valence-electron chi connectivity index (χ0n) is 9.11. The summed E-state index contributed by atoms with van der Waals surface area (Å²) in [5.41, 5.74) is 1.32. The summed E-state index contributed by atoms with van der Waals surface area (Å²) < 4.78 is 0. The van der Waals surface area contributed by atoms with Gasteiger partial charge in [0.25, 0.3) is 0 Å². The highest BCUT2D eigenvalue weighted by molar-refractivity contribution is 9.09. The van der Waals surface area contributed by atoms with Gasteiger partial charge in [-0.1, -0.05) is 22.0 Å². The van der Waals surface area contributed by atoms with E-state index in [0.29, 0.717) is 11.1 Å². The maximum Gasteiger partial charge on any atom is 0.335 e. The SMILES string of the molecule is CC(=O)C(Br)c1ccc(C(=O)O)cc1CC#N. The van der Waals surface area contributed by atoms with E-state index >= 15 is 0 Å². The van der Waals surface area contributed by atoms with Gasteiger partial charge in [0, 0.05) is 0 Å². The number of carbonyl (C=O) groups excluding carboxylic acids is 1. The number of carboxylic acid groups (broad SMARTS) is 1. The molecule has 0 saturated carbocycles. The van der Waals surface area contributed by atoms with Crippen LogP contribution in [0.2, 0.25) is 0 Å². The molecule has 88 valence electrons. The predicted octanol–water partition coefficient (Wildman–Crippen LogP) is 2.48. The number of carbonyl (C=O) groups is 2. The third-order valence-corrected chi connectivity index (χ3v) is 3.43. The summed E-state index contributed by atoms with van der Waals surface area (Å²) in [4.78, 5) is 21.6. The van der Waals surface area contributed by atoms with Crippen LogP contribution in [0.15, 0.2) is 18.2 Å². The Bertz CT molecular complexity index is 505. The molecule has 1 aromatic rings. The van der Waals surface area contributed by atoms with Crippen molar-refractivity contribution >= 4 is 27.7 Å². The van der Waals surface area contributed by atoms with Gasteiger partial charge < -0.3 is 5.11 Å². The van der Waals surface area contributed by atoms with Crippen LogP contribution in [0.4, 0.5) is 0 Å². The number of Topliss-reactive ketones (excluding diaryl/α,β-unsaturated/α-hetero) is 1. The fourth-order valence-electron chi connectivity index (χ4n) is 1.44. The lowest BCUT2D eigenvalue weighted by Crippen LogP contribution is -2.07. The Kier molecular flexibility index (Phi) is 4.41. The second-order valence-electron chi connectivity index (χ2n) is 3.53. The molecule has 0 radical (unpaired) electrons. The van der Waals surface area contributed by atoms with Crippen LogP contribution in [0.1, 0.15) is 33.2 Å². The topological polar surface area (TPSA) is 78.2 Å². The first-order valence-corrected chi connectivity index (χ1v) is 5.76. The maximum atomic E-state index is 11.3. The van der Waals surface area contributed by atoms with E-state index in [4.69, 9.17) is 10.4 Å². The van der Waals surface area contributed by atoms with Crippen molar-refractivity contribution in [2.24, 2.45) is 0 Å². The van der Waals surface area contributed by atoms with Gasteiger partial charge in [-0.05, 0) is 30.2 Å². The summed E-state index contributed by atoms with van der Waals surface area (Å²) in [6.45, 7) is 1.43. The number of halogens is 1. The molecule has 0 aliphatic rings. The number of hydrogen-bond donors (Lipinski definition) is 1. The predicted molar refractivity (Wildman–Crippen MR) is 65.1 cm³/mol. The fourth-order valence-corrected chi connectivity index (χ4v) is 1.89. The van der Waals surface area contributed by atoms with Crippen molar-refractivity contribution in [3.63, 3.8) is 0 Å². The molecule has 1 N–H and O–H groups in total. The maximum absolute atomic E-state index is 11.3. The Labute approximate surface area is 107 Å². The number of alkyl halides is 1. The molecule has 0 aliphatic heterocycles. The highest BCUT2D eigenvalue weighted by atomic mass is 79.9. The number of hydrogen-bond acceptors (Lipinski definition) is 3. The Balaban J connectivity index is 3.27. The molecule has 0 heterocycles. The van der Waals surface area contributed by atoms with Crippen LogP contribution in [0, 0.1) is 11.3 Å². The Hall–Kier alpha value is -1.67. The number of rotatable bonds is 4. The molecule has 17 heavy (non-hydrogen) atoms. The average Bonchev–Trinajstić information content (AvgIpc) is 2.28. The van der Waals surface area contributed by atoms with Gasteiger partial charge in [-0.3, -0.25) is 4.79 Å². The van der Waals surface area contributed by atoms with E-state index in [9.17, 15) is 9.59 Å². The van der Waals surface area contributed by atoms with Crippen molar-refractivity contribution in [3.8, 4) is 6.07 Å². The molecule has 0 aliphatic carbocycles. The van der Waals surface area contributed by atoms with E-state index in [0.717, 1.165) is 0 Å². The summed E-state index contributed by atoms with van der Waals surface area (Å²) in [5.74, 6) is -1.14. The van der Waals surface area contributed by atoms with Gasteiger partial charge >= 0.3 is 5.97 Å². The summed E-state index contributed by atoms with van der Waals surface area (Å²) in [5, 5.41) is 17.6. The van der Waals surface area contributed by atoms with Gasteiger partial charge in [0.2, 0.25) is 0 Å². The van der Waals surface area contributed by atoms with Crippen LogP contribution in [-0.2, 0) is 11.2 Å². The van der Waals surface area contributed by atoms with Gasteiger partial charge in [-0.25, -0.2) is 4.79 Å². The molecule has 0 amide bonds. The molecule has 1 aromatic carbocycles. The number of ketones is 1. The lowest BCUT2D eigenvalue weighted by Gasteiger charge is -2.11. The van der Waals surface area contributed by atoms with E-state index < -0.39 is 10.8 Å². The minimum Gasteiger partial charge on any atom is -0.478 e. The van der Waals surface area contributed by atoms with Crippen LogP contribution in [0.25, 0.3) is 0 Å². The molecule has 4 nitrogen and oxygen atoms in total. The standard InChI is InChI=1S/C12H10BrNO3/c1-7(15)11(13)10-3-2-9(12(16)17)6-8(10)4-5-14/h2-3,6,11H,4H2,1H3,(H,16,17). The van der Waals surface area contributed by atoms with E-state index in [1.165, 1.54) is 19.1 Å². The highest BCUT2D eigenvalue weighted by Crippen LogP contribution is 2.28. The molecule has 0 fully saturated rings. The van der Waals surface area contributed by atoms with E-state index in [-0.39, 0.29) is 17.8 Å². The first-order chi connectivity index (χ1) is 7.97. The molecule has 1 rings (SSSR count). The minimum absolute atomic E-state index is 0.0752.